The van der Waals surface area contributed by atoms with Gasteiger partial charge in [-0.15, -0.1) is 11.3 Å². The lowest BCUT2D eigenvalue weighted by Crippen LogP contribution is -2.42. The highest BCUT2D eigenvalue weighted by Gasteiger charge is 2.24. The van der Waals surface area contributed by atoms with E-state index >= 15 is 4.39 Å². The molecule has 0 radical (unpaired) electrons. The number of anilines is 4. The van der Waals surface area contributed by atoms with Gasteiger partial charge in [0, 0.05) is 42.9 Å². The molecule has 1 saturated heterocycles. The molecule has 1 aliphatic carbocycles. The van der Waals surface area contributed by atoms with E-state index in [0.29, 0.717) is 23.4 Å². The van der Waals surface area contributed by atoms with Crippen molar-refractivity contribution in [2.75, 3.05) is 29.0 Å². The zero-order valence-electron chi connectivity index (χ0n) is 22.7. The van der Waals surface area contributed by atoms with Crippen molar-refractivity contribution in [3.05, 3.63) is 48.1 Å². The summed E-state index contributed by atoms with van der Waals surface area (Å²) >= 11 is 1.60. The molecule has 1 aromatic carbocycles. The zero-order valence-corrected chi connectivity index (χ0v) is 23.5. The summed E-state index contributed by atoms with van der Waals surface area (Å²) in [6, 6.07) is 8.38. The molecule has 1 aliphatic heterocycles. The summed E-state index contributed by atoms with van der Waals surface area (Å²) in [5, 5.41) is 15.2. The minimum atomic E-state index is -0.290. The molecule has 1 saturated carbocycles. The van der Waals surface area contributed by atoms with Crippen molar-refractivity contribution < 1.29 is 9.18 Å². The number of hydrogen-bond acceptors (Lipinski definition) is 8. The van der Waals surface area contributed by atoms with Crippen LogP contribution in [-0.4, -0.2) is 58.0 Å². The lowest BCUT2D eigenvalue weighted by Gasteiger charge is -2.35. The van der Waals surface area contributed by atoms with Crippen molar-refractivity contribution in [1.82, 2.24) is 20.2 Å². The molecular formula is C29H38FN7OS. The first-order valence-corrected chi connectivity index (χ1v) is 14.8. The average Bonchev–Trinajstić information content (AvgIpc) is 3.41. The molecule has 10 heteroatoms. The van der Waals surface area contributed by atoms with Crippen LogP contribution in [0.5, 0.6) is 0 Å². The molecule has 8 nitrogen and oxygen atoms in total. The summed E-state index contributed by atoms with van der Waals surface area (Å²) in [5.41, 5.74) is 1.98. The summed E-state index contributed by atoms with van der Waals surface area (Å²) in [6.07, 6.45) is 6.99. The van der Waals surface area contributed by atoms with E-state index in [1.807, 2.05) is 17.5 Å². The summed E-state index contributed by atoms with van der Waals surface area (Å²) < 4.78 is 16.0. The first-order valence-electron chi connectivity index (χ1n) is 13.9. The number of likely N-dealkylation sites (tertiary alicyclic amines) is 1. The Morgan fingerprint density at radius 2 is 1.77 bits per heavy atom. The van der Waals surface area contributed by atoms with Crippen LogP contribution < -0.4 is 21.3 Å². The maximum atomic E-state index is 15.0. The van der Waals surface area contributed by atoms with Crippen molar-refractivity contribution in [2.24, 2.45) is 0 Å². The van der Waals surface area contributed by atoms with Crippen LogP contribution in [0.3, 0.4) is 0 Å². The SMILES string of the molecule is C=CC(=O)NC1CCC(Nc2nc(Nc3ccc(NC4CCN(C(C)C)CC4)c(F)c3)nc3ccsc23)CC1. The number of fused-ring (bicyclic) bond motifs is 1. The smallest absolute Gasteiger partial charge is 0.243 e. The van der Waals surface area contributed by atoms with Crippen LogP contribution in [0.4, 0.5) is 27.5 Å². The largest absolute Gasteiger partial charge is 0.380 e. The Morgan fingerprint density at radius 1 is 1.05 bits per heavy atom. The number of nitrogens with one attached hydrogen (secondary N) is 4. The molecule has 2 aromatic heterocycles. The number of nitrogens with zero attached hydrogens (tertiary/aromatic N) is 3. The molecule has 4 N–H and O–H groups in total. The van der Waals surface area contributed by atoms with Crippen molar-refractivity contribution in [3.8, 4) is 0 Å². The maximum absolute atomic E-state index is 15.0. The highest BCUT2D eigenvalue weighted by atomic mass is 32.1. The second kappa shape index (κ2) is 12.3. The van der Waals surface area contributed by atoms with Gasteiger partial charge in [0.15, 0.2) is 0 Å². The van der Waals surface area contributed by atoms with E-state index in [1.165, 1.54) is 12.1 Å². The molecule has 0 spiro atoms. The normalized spacial score (nSPS) is 20.6. The van der Waals surface area contributed by atoms with Crippen LogP contribution in [0.15, 0.2) is 42.3 Å². The van der Waals surface area contributed by atoms with Crippen LogP contribution in [0, 0.1) is 5.82 Å². The third-order valence-corrected chi connectivity index (χ3v) is 8.66. The summed E-state index contributed by atoms with van der Waals surface area (Å²) in [5.74, 6) is 0.797. The Hall–Kier alpha value is -3.24. The Bertz CT molecular complexity index is 1300. The number of thiophene rings is 1. The predicted octanol–water partition coefficient (Wildman–Crippen LogP) is 5.88. The molecule has 3 aromatic rings. The molecule has 39 heavy (non-hydrogen) atoms. The van der Waals surface area contributed by atoms with Gasteiger partial charge in [0.1, 0.15) is 11.6 Å². The van der Waals surface area contributed by atoms with Crippen LogP contribution in [0.1, 0.15) is 52.4 Å². The third-order valence-electron chi connectivity index (χ3n) is 7.75. The fraction of sp³-hybridized carbons (Fsp3) is 0.483. The Labute approximate surface area is 233 Å². The number of rotatable bonds is 9. The highest BCUT2D eigenvalue weighted by molar-refractivity contribution is 7.17. The molecule has 2 aliphatic rings. The topological polar surface area (TPSA) is 94.2 Å². The molecule has 3 heterocycles. The maximum Gasteiger partial charge on any atom is 0.243 e. The van der Waals surface area contributed by atoms with Gasteiger partial charge in [-0.05, 0) is 88.1 Å². The second-order valence-electron chi connectivity index (χ2n) is 10.8. The van der Waals surface area contributed by atoms with Gasteiger partial charge in [0.25, 0.3) is 0 Å². The quantitative estimate of drug-likeness (QED) is 0.247. The standard InChI is InChI=1S/C29H38FN7OS/c1-4-26(38)32-19-5-7-20(8-6-19)33-28-27-25(13-16-39-27)35-29(36-28)34-22-9-10-24(23(30)17-22)31-21-11-14-37(15-12-21)18(2)3/h4,9-10,13,16-21,31H,1,5-8,11-12,14-15H2,2-3H3,(H,32,38)(H2,33,34,35,36). The van der Waals surface area contributed by atoms with E-state index in [2.05, 4.69) is 51.6 Å². The minimum absolute atomic E-state index is 0.120. The summed E-state index contributed by atoms with van der Waals surface area (Å²) in [6.45, 7) is 10.0. The van der Waals surface area contributed by atoms with Gasteiger partial charge in [-0.3, -0.25) is 4.79 Å². The number of carbonyl (C=O) groups excluding carboxylic acids is 1. The fourth-order valence-electron chi connectivity index (χ4n) is 5.47. The second-order valence-corrected chi connectivity index (χ2v) is 11.7. The van der Waals surface area contributed by atoms with Crippen molar-refractivity contribution >= 4 is 50.6 Å². The minimum Gasteiger partial charge on any atom is -0.380 e. The predicted molar refractivity (Wildman–Crippen MR) is 158 cm³/mol. The van der Waals surface area contributed by atoms with Gasteiger partial charge in [-0.1, -0.05) is 6.58 Å². The molecule has 5 rings (SSSR count). The zero-order chi connectivity index (χ0) is 27.4. The lowest BCUT2D eigenvalue weighted by molar-refractivity contribution is -0.117. The van der Waals surface area contributed by atoms with Gasteiger partial charge in [0.2, 0.25) is 11.9 Å². The number of halogens is 1. The first kappa shape index (κ1) is 27.3. The van der Waals surface area contributed by atoms with Gasteiger partial charge in [0.05, 0.1) is 15.9 Å². The number of amides is 1. The molecule has 0 unspecified atom stereocenters. The van der Waals surface area contributed by atoms with Crippen molar-refractivity contribution in [3.63, 3.8) is 0 Å². The third kappa shape index (κ3) is 6.86. The molecule has 2 fully saturated rings. The highest BCUT2D eigenvalue weighted by Crippen LogP contribution is 2.31. The summed E-state index contributed by atoms with van der Waals surface area (Å²) in [4.78, 5) is 23.5. The van der Waals surface area contributed by atoms with E-state index in [1.54, 1.807) is 17.4 Å². The van der Waals surface area contributed by atoms with Crippen LogP contribution in [0.2, 0.25) is 0 Å². The van der Waals surface area contributed by atoms with Crippen molar-refractivity contribution in [2.45, 2.75) is 76.5 Å². The fourth-order valence-corrected chi connectivity index (χ4v) is 6.26. The van der Waals surface area contributed by atoms with Crippen LogP contribution in [-0.2, 0) is 4.79 Å². The summed E-state index contributed by atoms with van der Waals surface area (Å²) in [7, 11) is 0. The first-order chi connectivity index (χ1) is 18.9. The monoisotopic (exact) mass is 551 g/mol. The molecule has 0 atom stereocenters. The number of benzene rings is 1. The number of aromatic nitrogens is 2. The Morgan fingerprint density at radius 3 is 2.46 bits per heavy atom. The van der Waals surface area contributed by atoms with E-state index in [0.717, 1.165) is 67.6 Å². The van der Waals surface area contributed by atoms with Gasteiger partial charge >= 0.3 is 0 Å². The van der Waals surface area contributed by atoms with E-state index in [-0.39, 0.29) is 29.8 Å². The van der Waals surface area contributed by atoms with Crippen LogP contribution in [0.25, 0.3) is 10.2 Å². The molecular weight excluding hydrogens is 513 g/mol. The number of hydrogen-bond donors (Lipinski definition) is 4. The van der Waals surface area contributed by atoms with E-state index < -0.39 is 0 Å². The van der Waals surface area contributed by atoms with Crippen LogP contribution >= 0.6 is 11.3 Å². The molecule has 208 valence electrons. The van der Waals surface area contributed by atoms with E-state index in [9.17, 15) is 4.79 Å². The number of carbonyl (C=O) groups is 1. The van der Waals surface area contributed by atoms with Gasteiger partial charge < -0.3 is 26.2 Å². The van der Waals surface area contributed by atoms with Gasteiger partial charge in [-0.2, -0.15) is 4.98 Å². The molecule has 1 amide bonds. The van der Waals surface area contributed by atoms with Crippen molar-refractivity contribution in [1.29, 1.82) is 0 Å². The Balaban J connectivity index is 1.22. The van der Waals surface area contributed by atoms with E-state index in [4.69, 9.17) is 4.98 Å². The Kier molecular flexibility index (Phi) is 8.62. The lowest BCUT2D eigenvalue weighted by atomic mass is 9.91. The number of piperidine rings is 1. The average molecular weight is 552 g/mol. The van der Waals surface area contributed by atoms with Gasteiger partial charge in [-0.25, -0.2) is 9.37 Å². The molecule has 0 bridgehead atoms.